The maximum absolute atomic E-state index is 10.4. The van der Waals surface area contributed by atoms with E-state index >= 15 is 0 Å². The summed E-state index contributed by atoms with van der Waals surface area (Å²) in [5.41, 5.74) is 4.94. The molecule has 0 radical (unpaired) electrons. The Hall–Kier alpha value is -0.0700. The third-order valence-electron chi connectivity index (χ3n) is 1.27. The molecule has 1 amide bonds. The molecule has 0 rings (SSSR count). The molecule has 0 aliphatic carbocycles. The van der Waals surface area contributed by atoms with Crippen molar-refractivity contribution in [3.63, 3.8) is 0 Å². The highest BCUT2D eigenvalue weighted by Crippen LogP contribution is 2.08. The molecule has 1 atom stereocenters. The third-order valence-corrected chi connectivity index (χ3v) is 3.15. The number of amides is 1. The quantitative estimate of drug-likeness (QED) is 0.468. The Kier molecular flexibility index (Phi) is 7.53. The van der Waals surface area contributed by atoms with Gasteiger partial charge in [0.1, 0.15) is 0 Å². The number of carbonyl (C=O) groups is 1. The number of nitrogens with two attached hydrogens (primary N) is 2. The zero-order valence-electron chi connectivity index (χ0n) is 6.82. The van der Waals surface area contributed by atoms with Crippen molar-refractivity contribution in [2.45, 2.75) is 25.7 Å². The Labute approximate surface area is 78.4 Å². The van der Waals surface area contributed by atoms with Crippen LogP contribution in [0.2, 0.25) is 0 Å². The second-order valence-corrected chi connectivity index (χ2v) is 5.22. The molecular weight excluding hydrogens is 196 g/mol. The lowest BCUT2D eigenvalue weighted by atomic mass is 10.2. The second kappa shape index (κ2) is 7.57. The maximum Gasteiger partial charge on any atom is 0.217 e. The van der Waals surface area contributed by atoms with Gasteiger partial charge in [0.15, 0.2) is 10.0 Å². The predicted octanol–water partition coefficient (Wildman–Crippen LogP) is 0.303. The smallest absolute Gasteiger partial charge is 0.217 e. The zero-order chi connectivity index (χ0) is 9.40. The lowest BCUT2D eigenvalue weighted by Crippen LogP contribution is -2.09. The van der Waals surface area contributed by atoms with E-state index in [-0.39, 0.29) is 5.91 Å². The first-order valence-corrected chi connectivity index (χ1v) is 6.42. The summed E-state index contributed by atoms with van der Waals surface area (Å²) in [6.45, 7) is 0. The molecule has 4 nitrogen and oxygen atoms in total. The Morgan fingerprint density at radius 1 is 1.33 bits per heavy atom. The van der Waals surface area contributed by atoms with Crippen molar-refractivity contribution >= 4 is 26.7 Å². The van der Waals surface area contributed by atoms with Gasteiger partial charge in [0.05, 0.1) is 0 Å². The molecule has 6 heteroatoms. The molecule has 0 spiro atoms. The number of carbonyl (C=O) groups excluding carboxylic acids is 1. The van der Waals surface area contributed by atoms with Crippen molar-refractivity contribution in [1.82, 2.24) is 0 Å². The van der Waals surface area contributed by atoms with Crippen LogP contribution in [0.3, 0.4) is 0 Å². The average Bonchev–Trinajstić information content (AvgIpc) is 1.95. The van der Waals surface area contributed by atoms with E-state index < -0.39 is 10.0 Å². The third kappa shape index (κ3) is 9.93. The van der Waals surface area contributed by atoms with Crippen LogP contribution in [0.1, 0.15) is 25.7 Å². The Balaban J connectivity index is 3.01. The van der Waals surface area contributed by atoms with Crippen LogP contribution in [0.25, 0.3) is 0 Å². The van der Waals surface area contributed by atoms with Crippen LogP contribution in [0.4, 0.5) is 0 Å². The predicted molar refractivity (Wildman–Crippen MR) is 52.5 cm³/mol. The highest BCUT2D eigenvalue weighted by atomic mass is 33.1. The van der Waals surface area contributed by atoms with Gasteiger partial charge < -0.3 is 5.73 Å². The first-order chi connectivity index (χ1) is 5.63. The number of rotatable bonds is 7. The minimum atomic E-state index is -1.25. The molecule has 0 bridgehead atoms. The standard InChI is InChI=1S/C6H14N2O2S2/c7-6(9)4-2-1-3-5-11-12(8)10/h1-5,8H2,(H2,7,9). The van der Waals surface area contributed by atoms with E-state index in [1.807, 2.05) is 0 Å². The van der Waals surface area contributed by atoms with Gasteiger partial charge in [-0.05, 0) is 23.6 Å². The zero-order valence-corrected chi connectivity index (χ0v) is 8.46. The van der Waals surface area contributed by atoms with E-state index in [2.05, 4.69) is 0 Å². The monoisotopic (exact) mass is 210 g/mol. The molecule has 12 heavy (non-hydrogen) atoms. The maximum atomic E-state index is 10.4. The normalized spacial score (nSPS) is 12.8. The van der Waals surface area contributed by atoms with Crippen molar-refractivity contribution in [3.05, 3.63) is 0 Å². The first kappa shape index (κ1) is 11.9. The van der Waals surface area contributed by atoms with E-state index in [9.17, 15) is 9.00 Å². The Morgan fingerprint density at radius 3 is 2.50 bits per heavy atom. The SMILES string of the molecule is NC(=O)CCCCCSS(N)=O. The Bertz CT molecular complexity index is 146. The van der Waals surface area contributed by atoms with E-state index in [4.69, 9.17) is 10.9 Å². The van der Waals surface area contributed by atoms with Gasteiger partial charge in [0.25, 0.3) is 0 Å². The highest BCUT2D eigenvalue weighted by Gasteiger charge is 1.96. The number of unbranched alkanes of at least 4 members (excludes halogenated alkanes) is 2. The highest BCUT2D eigenvalue weighted by molar-refractivity contribution is 8.68. The van der Waals surface area contributed by atoms with Crippen LogP contribution in [-0.2, 0) is 14.8 Å². The number of primary amides is 1. The van der Waals surface area contributed by atoms with E-state index in [0.717, 1.165) is 25.0 Å². The average molecular weight is 210 g/mol. The van der Waals surface area contributed by atoms with Gasteiger partial charge in [-0.2, -0.15) is 0 Å². The van der Waals surface area contributed by atoms with Crippen molar-refractivity contribution in [2.24, 2.45) is 10.9 Å². The fourth-order valence-electron chi connectivity index (χ4n) is 0.719. The van der Waals surface area contributed by atoms with Crippen LogP contribution in [0.5, 0.6) is 0 Å². The largest absolute Gasteiger partial charge is 0.370 e. The van der Waals surface area contributed by atoms with Crippen LogP contribution in [-0.4, -0.2) is 15.9 Å². The van der Waals surface area contributed by atoms with Gasteiger partial charge >= 0.3 is 0 Å². The second-order valence-electron chi connectivity index (χ2n) is 2.36. The first-order valence-electron chi connectivity index (χ1n) is 3.70. The molecule has 0 aromatic carbocycles. The molecule has 1 unspecified atom stereocenters. The summed E-state index contributed by atoms with van der Waals surface area (Å²) < 4.78 is 10.4. The van der Waals surface area contributed by atoms with Gasteiger partial charge in [-0.3, -0.25) is 4.79 Å². The molecule has 0 saturated heterocycles. The van der Waals surface area contributed by atoms with Gasteiger partial charge in [-0.15, -0.1) is 0 Å². The molecule has 72 valence electrons. The number of hydrogen-bond acceptors (Lipinski definition) is 3. The lowest BCUT2D eigenvalue weighted by Gasteiger charge is -1.97. The summed E-state index contributed by atoms with van der Waals surface area (Å²) in [6, 6.07) is 0. The summed E-state index contributed by atoms with van der Waals surface area (Å²) in [4.78, 5) is 10.3. The van der Waals surface area contributed by atoms with Crippen LogP contribution in [0, 0.1) is 0 Å². The minimum Gasteiger partial charge on any atom is -0.370 e. The summed E-state index contributed by atoms with van der Waals surface area (Å²) >= 11 is 0. The molecule has 0 heterocycles. The van der Waals surface area contributed by atoms with Crippen molar-refractivity contribution in [1.29, 1.82) is 0 Å². The van der Waals surface area contributed by atoms with Crippen molar-refractivity contribution in [2.75, 3.05) is 5.75 Å². The molecule has 0 saturated carbocycles. The molecular formula is C6H14N2O2S2. The topological polar surface area (TPSA) is 86.2 Å². The Morgan fingerprint density at radius 2 is 2.00 bits per heavy atom. The van der Waals surface area contributed by atoms with E-state index in [0.29, 0.717) is 6.42 Å². The van der Waals surface area contributed by atoms with Gasteiger partial charge in [-0.1, -0.05) is 6.42 Å². The van der Waals surface area contributed by atoms with Gasteiger partial charge in [0.2, 0.25) is 5.91 Å². The number of hydrogen-bond donors (Lipinski definition) is 2. The van der Waals surface area contributed by atoms with Crippen molar-refractivity contribution in [3.8, 4) is 0 Å². The minimum absolute atomic E-state index is 0.259. The summed E-state index contributed by atoms with van der Waals surface area (Å²) in [5.74, 6) is 0.520. The van der Waals surface area contributed by atoms with Crippen LogP contribution < -0.4 is 10.9 Å². The van der Waals surface area contributed by atoms with Crippen LogP contribution in [0.15, 0.2) is 0 Å². The van der Waals surface area contributed by atoms with Crippen molar-refractivity contribution < 1.29 is 9.00 Å². The molecule has 0 aromatic heterocycles. The molecule has 0 aliphatic heterocycles. The summed E-state index contributed by atoms with van der Waals surface area (Å²) in [7, 11) is -0.0308. The fraction of sp³-hybridized carbons (Fsp3) is 0.833. The molecule has 0 aromatic rings. The van der Waals surface area contributed by atoms with Crippen LogP contribution >= 0.6 is 10.8 Å². The van der Waals surface area contributed by atoms with Gasteiger partial charge in [-0.25, -0.2) is 9.35 Å². The summed E-state index contributed by atoms with van der Waals surface area (Å²) in [6.07, 6.45) is 3.12. The van der Waals surface area contributed by atoms with E-state index in [1.54, 1.807) is 0 Å². The molecule has 0 aliphatic rings. The molecule has 0 fully saturated rings. The van der Waals surface area contributed by atoms with E-state index in [1.165, 1.54) is 10.8 Å². The van der Waals surface area contributed by atoms with Gasteiger partial charge in [0, 0.05) is 12.2 Å². The fourth-order valence-corrected chi connectivity index (χ4v) is 2.05. The summed E-state index contributed by atoms with van der Waals surface area (Å²) in [5, 5.41) is 5.02. The lowest BCUT2D eigenvalue weighted by molar-refractivity contribution is -0.118. The molecule has 4 N–H and O–H groups in total.